The number of aliphatic hydroxyl groups excluding tert-OH is 1. The van der Waals surface area contributed by atoms with Gasteiger partial charge in [-0.25, -0.2) is 0 Å². The fraction of sp³-hybridized carbons (Fsp3) is 0.500. The van der Waals surface area contributed by atoms with Crippen LogP contribution in [0.2, 0.25) is 0 Å². The van der Waals surface area contributed by atoms with Gasteiger partial charge >= 0.3 is 0 Å². The predicted octanol–water partition coefficient (Wildman–Crippen LogP) is 2.02. The molecule has 0 bridgehead atoms. The third-order valence-corrected chi connectivity index (χ3v) is 2.08. The number of unbranched alkanes of at least 4 members (excludes halogenated alkanes) is 1. The molecule has 0 fully saturated rings. The van der Waals surface area contributed by atoms with Gasteiger partial charge in [0, 0.05) is 6.61 Å². The minimum atomic E-state index is 0.124. The second-order valence-electron chi connectivity index (χ2n) is 3.28. The van der Waals surface area contributed by atoms with Crippen LogP contribution in [0, 0.1) is 0 Å². The lowest BCUT2D eigenvalue weighted by atomic mass is 10.1. The topological polar surface area (TPSA) is 29.5 Å². The molecule has 0 atom stereocenters. The molecular formula is C12H18O2. The first-order chi connectivity index (χ1) is 6.93. The Morgan fingerprint density at radius 3 is 2.50 bits per heavy atom. The first kappa shape index (κ1) is 11.2. The van der Waals surface area contributed by atoms with Crippen molar-refractivity contribution in [2.24, 2.45) is 0 Å². The number of aryl methyl sites for hydroxylation is 1. The van der Waals surface area contributed by atoms with Crippen LogP contribution >= 0.6 is 0 Å². The number of ether oxygens (including phenoxy) is 1. The Hall–Kier alpha value is -0.860. The van der Waals surface area contributed by atoms with E-state index in [1.165, 1.54) is 5.56 Å². The van der Waals surface area contributed by atoms with Crippen LogP contribution in [0.3, 0.4) is 0 Å². The second kappa shape index (κ2) is 7.54. The molecule has 2 nitrogen and oxygen atoms in total. The highest BCUT2D eigenvalue weighted by Crippen LogP contribution is 2.04. The summed E-state index contributed by atoms with van der Waals surface area (Å²) in [6.07, 6.45) is 3.33. The maximum absolute atomic E-state index is 8.48. The number of aliphatic hydroxyl groups is 1. The van der Waals surface area contributed by atoms with Crippen LogP contribution in [0.15, 0.2) is 30.3 Å². The molecule has 0 saturated heterocycles. The summed E-state index contributed by atoms with van der Waals surface area (Å²) in [6.45, 7) is 1.34. The van der Waals surface area contributed by atoms with Gasteiger partial charge in [-0.1, -0.05) is 30.3 Å². The van der Waals surface area contributed by atoms with Gasteiger partial charge in [0.25, 0.3) is 0 Å². The third kappa shape index (κ3) is 5.00. The molecule has 1 aromatic rings. The molecule has 0 aliphatic heterocycles. The molecule has 14 heavy (non-hydrogen) atoms. The van der Waals surface area contributed by atoms with Crippen molar-refractivity contribution in [1.82, 2.24) is 0 Å². The van der Waals surface area contributed by atoms with Crippen LogP contribution in [0.5, 0.6) is 0 Å². The van der Waals surface area contributed by atoms with Crippen molar-refractivity contribution in [3.05, 3.63) is 35.9 Å². The zero-order valence-electron chi connectivity index (χ0n) is 8.48. The van der Waals surface area contributed by atoms with E-state index in [4.69, 9.17) is 9.84 Å². The van der Waals surface area contributed by atoms with Crippen LogP contribution in [-0.2, 0) is 11.2 Å². The van der Waals surface area contributed by atoms with Crippen molar-refractivity contribution in [2.45, 2.75) is 19.3 Å². The zero-order valence-corrected chi connectivity index (χ0v) is 8.48. The highest BCUT2D eigenvalue weighted by atomic mass is 16.5. The molecule has 1 aromatic carbocycles. The van der Waals surface area contributed by atoms with Crippen molar-refractivity contribution < 1.29 is 9.84 Å². The van der Waals surface area contributed by atoms with E-state index in [1.807, 2.05) is 6.07 Å². The molecule has 0 amide bonds. The standard InChI is InChI=1S/C12H18O2/c13-9-11-14-10-5-4-8-12-6-2-1-3-7-12/h1-3,6-7,13H,4-5,8-11H2. The number of hydrogen-bond acceptors (Lipinski definition) is 2. The Bertz CT molecular complexity index is 221. The summed E-state index contributed by atoms with van der Waals surface area (Å²) in [5.74, 6) is 0. The third-order valence-electron chi connectivity index (χ3n) is 2.08. The monoisotopic (exact) mass is 194 g/mol. The minimum absolute atomic E-state index is 0.124. The summed E-state index contributed by atoms with van der Waals surface area (Å²) in [5, 5.41) is 8.48. The highest BCUT2D eigenvalue weighted by molar-refractivity contribution is 5.14. The van der Waals surface area contributed by atoms with Crippen molar-refractivity contribution in [1.29, 1.82) is 0 Å². The van der Waals surface area contributed by atoms with Crippen LogP contribution in [-0.4, -0.2) is 24.9 Å². The van der Waals surface area contributed by atoms with Crippen LogP contribution in [0.1, 0.15) is 18.4 Å². The molecule has 0 unspecified atom stereocenters. The number of hydrogen-bond donors (Lipinski definition) is 1. The maximum Gasteiger partial charge on any atom is 0.0697 e. The number of benzene rings is 1. The Morgan fingerprint density at radius 2 is 1.79 bits per heavy atom. The van der Waals surface area contributed by atoms with Crippen LogP contribution in [0.4, 0.5) is 0 Å². The van der Waals surface area contributed by atoms with E-state index in [1.54, 1.807) is 0 Å². The molecular weight excluding hydrogens is 176 g/mol. The summed E-state index contributed by atoms with van der Waals surface area (Å²) >= 11 is 0. The van der Waals surface area contributed by atoms with Gasteiger partial charge in [0.05, 0.1) is 13.2 Å². The lowest BCUT2D eigenvalue weighted by molar-refractivity contribution is 0.0899. The van der Waals surface area contributed by atoms with E-state index in [-0.39, 0.29) is 6.61 Å². The maximum atomic E-state index is 8.48. The van der Waals surface area contributed by atoms with Crippen molar-refractivity contribution in [3.8, 4) is 0 Å². The summed E-state index contributed by atoms with van der Waals surface area (Å²) in [5.41, 5.74) is 1.38. The lowest BCUT2D eigenvalue weighted by Crippen LogP contribution is -2.00. The SMILES string of the molecule is OCCOCCCCc1ccccc1. The second-order valence-corrected chi connectivity index (χ2v) is 3.28. The predicted molar refractivity (Wildman–Crippen MR) is 57.3 cm³/mol. The zero-order chi connectivity index (χ0) is 10.1. The first-order valence-corrected chi connectivity index (χ1v) is 5.16. The highest BCUT2D eigenvalue weighted by Gasteiger charge is 1.92. The van der Waals surface area contributed by atoms with Crippen molar-refractivity contribution in [3.63, 3.8) is 0 Å². The summed E-state index contributed by atoms with van der Waals surface area (Å²) in [4.78, 5) is 0. The van der Waals surface area contributed by atoms with Gasteiger partial charge in [-0.2, -0.15) is 0 Å². The van der Waals surface area contributed by atoms with Gasteiger partial charge in [-0.15, -0.1) is 0 Å². The Kier molecular flexibility index (Phi) is 6.04. The number of rotatable bonds is 7. The average Bonchev–Trinajstić information content (AvgIpc) is 2.25. The van der Waals surface area contributed by atoms with Crippen LogP contribution < -0.4 is 0 Å². The Labute approximate surface area is 85.5 Å². The van der Waals surface area contributed by atoms with E-state index in [9.17, 15) is 0 Å². The largest absolute Gasteiger partial charge is 0.394 e. The molecule has 2 heteroatoms. The fourth-order valence-electron chi connectivity index (χ4n) is 1.34. The van der Waals surface area contributed by atoms with E-state index in [2.05, 4.69) is 24.3 Å². The molecule has 78 valence electrons. The van der Waals surface area contributed by atoms with Crippen molar-refractivity contribution >= 4 is 0 Å². The van der Waals surface area contributed by atoms with Gasteiger partial charge in [-0.3, -0.25) is 0 Å². The minimum Gasteiger partial charge on any atom is -0.394 e. The molecule has 1 N–H and O–H groups in total. The van der Waals surface area contributed by atoms with Gasteiger partial charge < -0.3 is 9.84 Å². The van der Waals surface area contributed by atoms with E-state index in [0.717, 1.165) is 25.9 Å². The van der Waals surface area contributed by atoms with Crippen molar-refractivity contribution in [2.75, 3.05) is 19.8 Å². The molecule has 0 aromatic heterocycles. The molecule has 1 rings (SSSR count). The van der Waals surface area contributed by atoms with E-state index in [0.29, 0.717) is 6.61 Å². The van der Waals surface area contributed by atoms with Gasteiger partial charge in [0.2, 0.25) is 0 Å². The summed E-state index contributed by atoms with van der Waals surface area (Å²) in [7, 11) is 0. The van der Waals surface area contributed by atoms with Gasteiger partial charge in [0.15, 0.2) is 0 Å². The van der Waals surface area contributed by atoms with E-state index < -0.39 is 0 Å². The van der Waals surface area contributed by atoms with Gasteiger partial charge in [-0.05, 0) is 24.8 Å². The normalized spacial score (nSPS) is 10.4. The average molecular weight is 194 g/mol. The summed E-state index contributed by atoms with van der Waals surface area (Å²) in [6, 6.07) is 10.5. The molecule has 0 heterocycles. The van der Waals surface area contributed by atoms with Crippen LogP contribution in [0.25, 0.3) is 0 Å². The Balaban J connectivity index is 1.99. The Morgan fingerprint density at radius 1 is 1.00 bits per heavy atom. The molecule has 0 radical (unpaired) electrons. The smallest absolute Gasteiger partial charge is 0.0697 e. The fourth-order valence-corrected chi connectivity index (χ4v) is 1.34. The molecule has 0 saturated carbocycles. The van der Waals surface area contributed by atoms with E-state index >= 15 is 0 Å². The summed E-state index contributed by atoms with van der Waals surface area (Å²) < 4.78 is 5.17. The quantitative estimate of drug-likeness (QED) is 0.673. The molecule has 0 spiro atoms. The molecule has 0 aliphatic carbocycles. The van der Waals surface area contributed by atoms with Gasteiger partial charge in [0.1, 0.15) is 0 Å². The molecule has 0 aliphatic rings. The first-order valence-electron chi connectivity index (χ1n) is 5.16. The lowest BCUT2D eigenvalue weighted by Gasteiger charge is -2.02.